The molecule has 194 valence electrons. The molecule has 3 aromatic rings. The number of aryl methyl sites for hydroxylation is 2. The molecule has 4 rings (SSSR count). The van der Waals surface area contributed by atoms with E-state index in [1.54, 1.807) is 6.92 Å². The average molecular weight is 501 g/mol. The maximum atomic E-state index is 11.3. The number of rotatable bonds is 12. The summed E-state index contributed by atoms with van der Waals surface area (Å²) in [6, 6.07) is 20.8. The Hall–Kier alpha value is -3.41. The third-order valence-electron chi connectivity index (χ3n) is 6.75. The Morgan fingerprint density at radius 3 is 1.89 bits per heavy atom. The number of carboxylic acid groups (broad SMARTS) is 1. The van der Waals surface area contributed by atoms with Crippen molar-refractivity contribution >= 4 is 18.1 Å². The highest BCUT2D eigenvalue weighted by atomic mass is 16.5. The average Bonchev–Trinajstić information content (AvgIpc) is 3.07. The Morgan fingerprint density at radius 2 is 1.38 bits per heavy atom. The van der Waals surface area contributed by atoms with Gasteiger partial charge >= 0.3 is 5.97 Å². The fourth-order valence-electron chi connectivity index (χ4n) is 4.65. The Labute approximate surface area is 219 Å². The zero-order valence-corrected chi connectivity index (χ0v) is 21.9. The van der Waals surface area contributed by atoms with Gasteiger partial charge < -0.3 is 19.3 Å². The molecule has 5 nitrogen and oxygen atoms in total. The van der Waals surface area contributed by atoms with Crippen LogP contribution in [0.25, 0.3) is 12.2 Å². The molecule has 0 saturated heterocycles. The van der Waals surface area contributed by atoms with Gasteiger partial charge in [-0.1, -0.05) is 74.5 Å². The fraction of sp³-hybridized carbons (Fsp3) is 0.344. The molecule has 0 aromatic heterocycles. The largest absolute Gasteiger partial charge is 0.491 e. The van der Waals surface area contributed by atoms with Crippen LogP contribution in [0.4, 0.5) is 0 Å². The number of hydrogen-bond acceptors (Lipinski definition) is 4. The van der Waals surface area contributed by atoms with Crippen molar-refractivity contribution < 1.29 is 24.1 Å². The van der Waals surface area contributed by atoms with E-state index in [0.717, 1.165) is 24.2 Å². The van der Waals surface area contributed by atoms with Crippen molar-refractivity contribution in [3.63, 3.8) is 0 Å². The molecular formula is C32H36O5. The first-order chi connectivity index (χ1) is 18.0. The van der Waals surface area contributed by atoms with E-state index in [2.05, 4.69) is 62.4 Å². The number of aliphatic carboxylic acids is 1. The molecule has 37 heavy (non-hydrogen) atoms. The van der Waals surface area contributed by atoms with Gasteiger partial charge in [0.1, 0.15) is 18.5 Å². The van der Waals surface area contributed by atoms with Crippen LogP contribution in [0.3, 0.4) is 0 Å². The van der Waals surface area contributed by atoms with Gasteiger partial charge in [0.2, 0.25) is 0 Å². The molecule has 0 bridgehead atoms. The van der Waals surface area contributed by atoms with E-state index in [0.29, 0.717) is 26.2 Å². The minimum absolute atomic E-state index is 0.171. The van der Waals surface area contributed by atoms with Gasteiger partial charge in [-0.3, -0.25) is 0 Å². The van der Waals surface area contributed by atoms with Gasteiger partial charge in [0.15, 0.2) is 6.10 Å². The molecule has 1 atom stereocenters. The summed E-state index contributed by atoms with van der Waals surface area (Å²) in [5, 5.41) is 9.30. The van der Waals surface area contributed by atoms with Crippen LogP contribution < -0.4 is 4.74 Å². The minimum Gasteiger partial charge on any atom is -0.491 e. The summed E-state index contributed by atoms with van der Waals surface area (Å²) >= 11 is 0. The van der Waals surface area contributed by atoms with Gasteiger partial charge in [-0.2, -0.15) is 0 Å². The predicted molar refractivity (Wildman–Crippen MR) is 147 cm³/mol. The third-order valence-corrected chi connectivity index (χ3v) is 6.75. The first-order valence-corrected chi connectivity index (χ1v) is 13.1. The zero-order chi connectivity index (χ0) is 26.2. The van der Waals surface area contributed by atoms with E-state index in [4.69, 9.17) is 14.2 Å². The summed E-state index contributed by atoms with van der Waals surface area (Å²) in [5.41, 5.74) is 8.22. The lowest BCUT2D eigenvalue weighted by Crippen LogP contribution is -2.26. The molecule has 1 unspecified atom stereocenters. The standard InChI is InChI=1S/C32H36O5/c1-4-22-7-11-25-13-14-26-12-8-23(5-2)20-29(26)31(28(25)19-22)37-18-17-36-27-15-9-24(10-16-27)21-30(32(33)34)35-6-3/h7-16,19-20,30-31H,4-6,17-18,21H2,1-3H3,(H,33,34). The predicted octanol–water partition coefficient (Wildman–Crippen LogP) is 6.51. The van der Waals surface area contributed by atoms with E-state index in [9.17, 15) is 9.90 Å². The van der Waals surface area contributed by atoms with E-state index < -0.39 is 12.1 Å². The van der Waals surface area contributed by atoms with Gasteiger partial charge in [0.25, 0.3) is 0 Å². The lowest BCUT2D eigenvalue weighted by molar-refractivity contribution is -0.149. The van der Waals surface area contributed by atoms with Crippen molar-refractivity contribution in [3.05, 3.63) is 99.6 Å². The van der Waals surface area contributed by atoms with Gasteiger partial charge in [-0.25, -0.2) is 4.79 Å². The zero-order valence-electron chi connectivity index (χ0n) is 21.9. The molecule has 0 saturated carbocycles. The summed E-state index contributed by atoms with van der Waals surface area (Å²) in [4.78, 5) is 11.3. The maximum Gasteiger partial charge on any atom is 0.333 e. The molecule has 0 fully saturated rings. The Bertz CT molecular complexity index is 1170. The monoisotopic (exact) mass is 500 g/mol. The number of fused-ring (bicyclic) bond motifs is 2. The Kier molecular flexibility index (Phi) is 9.15. The first-order valence-electron chi connectivity index (χ1n) is 13.1. The summed E-state index contributed by atoms with van der Waals surface area (Å²) in [6.07, 6.45) is 5.62. The van der Waals surface area contributed by atoms with Gasteiger partial charge in [-0.05, 0) is 70.8 Å². The molecule has 0 amide bonds. The summed E-state index contributed by atoms with van der Waals surface area (Å²) < 4.78 is 17.8. The van der Waals surface area contributed by atoms with Crippen molar-refractivity contribution in [2.24, 2.45) is 0 Å². The quantitative estimate of drug-likeness (QED) is 0.287. The smallest absolute Gasteiger partial charge is 0.333 e. The number of benzene rings is 3. The fourth-order valence-corrected chi connectivity index (χ4v) is 4.65. The van der Waals surface area contributed by atoms with Crippen molar-refractivity contribution in [2.45, 2.75) is 52.2 Å². The number of carboxylic acids is 1. The highest BCUT2D eigenvalue weighted by Crippen LogP contribution is 2.36. The van der Waals surface area contributed by atoms with Crippen molar-refractivity contribution in [1.82, 2.24) is 0 Å². The van der Waals surface area contributed by atoms with Crippen LogP contribution in [0.1, 0.15) is 65.8 Å². The molecule has 3 aromatic carbocycles. The van der Waals surface area contributed by atoms with Gasteiger partial charge in [0.05, 0.1) is 6.61 Å². The van der Waals surface area contributed by atoms with E-state index in [-0.39, 0.29) is 6.10 Å². The molecule has 0 radical (unpaired) electrons. The van der Waals surface area contributed by atoms with Crippen LogP contribution in [0, 0.1) is 0 Å². The molecular weight excluding hydrogens is 464 g/mol. The molecule has 0 heterocycles. The summed E-state index contributed by atoms with van der Waals surface area (Å²) in [7, 11) is 0. The normalized spacial score (nSPS) is 13.5. The molecule has 1 aliphatic rings. The molecule has 0 aliphatic heterocycles. The summed E-state index contributed by atoms with van der Waals surface area (Å²) in [6.45, 7) is 7.35. The third kappa shape index (κ3) is 6.68. The number of carbonyl (C=O) groups is 1. The molecule has 0 spiro atoms. The van der Waals surface area contributed by atoms with Crippen LogP contribution in [-0.2, 0) is 33.5 Å². The minimum atomic E-state index is -0.951. The lowest BCUT2D eigenvalue weighted by atomic mass is 9.93. The highest BCUT2D eigenvalue weighted by molar-refractivity contribution is 5.76. The highest BCUT2D eigenvalue weighted by Gasteiger charge is 2.23. The van der Waals surface area contributed by atoms with Crippen LogP contribution in [0.2, 0.25) is 0 Å². The summed E-state index contributed by atoms with van der Waals surface area (Å²) in [5.74, 6) is -0.228. The van der Waals surface area contributed by atoms with Crippen molar-refractivity contribution in [3.8, 4) is 5.75 Å². The SMILES string of the molecule is CCOC(Cc1ccc(OCCOC2c3cc(CC)ccc3C=Cc3ccc(CC)cc32)cc1)C(=O)O. The Morgan fingerprint density at radius 1 is 0.811 bits per heavy atom. The second kappa shape index (κ2) is 12.7. The van der Waals surface area contributed by atoms with Crippen LogP contribution in [0.5, 0.6) is 5.75 Å². The van der Waals surface area contributed by atoms with Crippen LogP contribution >= 0.6 is 0 Å². The molecule has 1 aliphatic carbocycles. The molecule has 5 heteroatoms. The van der Waals surface area contributed by atoms with E-state index >= 15 is 0 Å². The number of hydrogen-bond donors (Lipinski definition) is 1. The van der Waals surface area contributed by atoms with Crippen molar-refractivity contribution in [2.75, 3.05) is 19.8 Å². The maximum absolute atomic E-state index is 11.3. The lowest BCUT2D eigenvalue weighted by Gasteiger charge is -2.22. The van der Waals surface area contributed by atoms with Gasteiger partial charge in [0, 0.05) is 13.0 Å². The van der Waals surface area contributed by atoms with E-state index in [1.807, 2.05) is 24.3 Å². The Balaban J connectivity index is 1.44. The second-order valence-electron chi connectivity index (χ2n) is 9.20. The van der Waals surface area contributed by atoms with Crippen LogP contribution in [0.15, 0.2) is 60.7 Å². The van der Waals surface area contributed by atoms with Crippen LogP contribution in [-0.4, -0.2) is 37.0 Å². The van der Waals surface area contributed by atoms with Crippen molar-refractivity contribution in [1.29, 1.82) is 0 Å². The van der Waals surface area contributed by atoms with Gasteiger partial charge in [-0.15, -0.1) is 0 Å². The number of ether oxygens (including phenoxy) is 3. The first kappa shape index (κ1) is 26.6. The molecule has 1 N–H and O–H groups in total. The topological polar surface area (TPSA) is 65.0 Å². The van der Waals surface area contributed by atoms with E-state index in [1.165, 1.54) is 33.4 Å². The second-order valence-corrected chi connectivity index (χ2v) is 9.20.